The smallest absolute Gasteiger partial charge is 0.408 e. The Morgan fingerprint density at radius 3 is 2.57 bits per heavy atom. The van der Waals surface area contributed by atoms with Gasteiger partial charge < -0.3 is 29.7 Å². The summed E-state index contributed by atoms with van der Waals surface area (Å²) >= 11 is 0. The van der Waals surface area contributed by atoms with Gasteiger partial charge in [-0.15, -0.1) is 0 Å². The zero-order valence-electron chi connectivity index (χ0n) is 34.3. The van der Waals surface area contributed by atoms with Crippen molar-refractivity contribution in [2.75, 3.05) is 19.8 Å². The molecule has 1 aromatic heterocycles. The average Bonchev–Trinajstić information content (AvgIpc) is 4.12. The van der Waals surface area contributed by atoms with Crippen LogP contribution in [0.3, 0.4) is 0 Å². The monoisotopic (exact) mass is 861 g/mol. The average molecular weight is 862 g/mol. The van der Waals surface area contributed by atoms with Gasteiger partial charge in [-0.2, -0.15) is 4.98 Å². The summed E-state index contributed by atoms with van der Waals surface area (Å²) in [5, 5.41) is 6.93. The van der Waals surface area contributed by atoms with Crippen molar-refractivity contribution in [1.82, 2.24) is 25.2 Å². The van der Waals surface area contributed by atoms with Crippen LogP contribution in [0.5, 0.6) is 11.8 Å². The Morgan fingerprint density at radius 1 is 1.15 bits per heavy atom. The van der Waals surface area contributed by atoms with Crippen LogP contribution in [-0.4, -0.2) is 102 Å². The maximum absolute atomic E-state index is 15.0. The van der Waals surface area contributed by atoms with Crippen LogP contribution in [0.1, 0.15) is 91.0 Å². The second-order valence-electron chi connectivity index (χ2n) is 17.6. The molecular formula is C42H54F3N5O9S. The molecule has 0 bridgehead atoms. The Balaban J connectivity index is 1.25. The lowest BCUT2D eigenvalue weighted by molar-refractivity contribution is -0.142. The van der Waals surface area contributed by atoms with Gasteiger partial charge in [-0.1, -0.05) is 50.6 Å². The Bertz CT molecular complexity index is 2150. The van der Waals surface area contributed by atoms with E-state index in [1.165, 1.54) is 4.90 Å². The van der Waals surface area contributed by atoms with E-state index >= 15 is 0 Å². The number of nitrogens with one attached hydrogen (secondary N) is 3. The molecule has 4 amide bonds. The second kappa shape index (κ2) is 16.7. The lowest BCUT2D eigenvalue weighted by Gasteiger charge is -2.34. The van der Waals surface area contributed by atoms with Gasteiger partial charge in [0, 0.05) is 23.3 Å². The molecule has 3 fully saturated rings. The van der Waals surface area contributed by atoms with Crippen LogP contribution in [0.25, 0.3) is 10.8 Å². The number of allylic oxidation sites excluding steroid dienone is 1. The third kappa shape index (κ3) is 8.49. The highest BCUT2D eigenvalue weighted by molar-refractivity contribution is 7.91. The predicted molar refractivity (Wildman–Crippen MR) is 213 cm³/mol. The standard InChI is InChI=1S/C42H54F3N5O9S/c1-5-25-19-24(2)11-6-7-12-26-21-42(26,38(53)49-60(55,56)41(23-43)16-17-41)48-33(51)31-20-27(22-50(31)36(52)32(25)46-39(54)59-40(3,4)37(44)45)58-35-30-14-9-8-13-28(30)29-15-10-18-57-34(29)47-35/h7-9,12-14,24-27,31-32,37H,5-6,10-11,15-23H2,1-4H3,(H,46,54)(H,48,51)(H,49,53)/b12-7-/t24-,25-,26-,27-,31+,32+,42-/m1/s1. The number of benzene rings is 1. The Labute approximate surface area is 347 Å². The van der Waals surface area contributed by atoms with Crippen molar-refractivity contribution in [1.29, 1.82) is 0 Å². The zero-order chi connectivity index (χ0) is 43.2. The van der Waals surface area contributed by atoms with E-state index in [1.807, 2.05) is 44.2 Å². The summed E-state index contributed by atoms with van der Waals surface area (Å²) in [5.74, 6) is -2.97. The van der Waals surface area contributed by atoms with Crippen LogP contribution in [0.2, 0.25) is 0 Å². The molecule has 5 aliphatic rings. The zero-order valence-corrected chi connectivity index (χ0v) is 35.1. The van der Waals surface area contributed by atoms with Gasteiger partial charge in [-0.25, -0.2) is 26.4 Å². The summed E-state index contributed by atoms with van der Waals surface area (Å²) in [6.07, 6.45) is 2.14. The summed E-state index contributed by atoms with van der Waals surface area (Å²) in [6.45, 7) is 5.06. The van der Waals surface area contributed by atoms with Crippen molar-refractivity contribution in [2.45, 2.75) is 132 Å². The summed E-state index contributed by atoms with van der Waals surface area (Å²) in [4.78, 5) is 62.9. The van der Waals surface area contributed by atoms with Crippen molar-refractivity contribution in [3.63, 3.8) is 0 Å². The van der Waals surface area contributed by atoms with Gasteiger partial charge in [-0.3, -0.25) is 19.1 Å². The maximum Gasteiger partial charge on any atom is 0.408 e. The molecule has 0 radical (unpaired) electrons. The van der Waals surface area contributed by atoms with E-state index in [0.717, 1.165) is 37.6 Å². The molecule has 328 valence electrons. The molecule has 18 heteroatoms. The molecular weight excluding hydrogens is 808 g/mol. The Kier molecular flexibility index (Phi) is 12.1. The summed E-state index contributed by atoms with van der Waals surface area (Å²) in [6, 6.07) is 4.88. The summed E-state index contributed by atoms with van der Waals surface area (Å²) in [5.41, 5.74) is -2.97. The van der Waals surface area contributed by atoms with E-state index in [1.54, 1.807) is 6.08 Å². The number of fused-ring (bicyclic) bond motifs is 5. The fourth-order valence-corrected chi connectivity index (χ4v) is 10.1. The number of aromatic nitrogens is 1. The molecule has 7 rings (SSSR count). The summed E-state index contributed by atoms with van der Waals surface area (Å²) in [7, 11) is -4.44. The van der Waals surface area contributed by atoms with E-state index < -0.39 is 92.8 Å². The second-order valence-corrected chi connectivity index (χ2v) is 19.7. The molecule has 2 aliphatic carbocycles. The molecule has 2 aromatic rings. The minimum Gasteiger partial charge on any atom is -0.477 e. The lowest BCUT2D eigenvalue weighted by atomic mass is 9.85. The molecule has 3 aliphatic heterocycles. The van der Waals surface area contributed by atoms with E-state index in [4.69, 9.17) is 19.2 Å². The van der Waals surface area contributed by atoms with Gasteiger partial charge in [-0.05, 0) is 88.5 Å². The fraction of sp³-hybridized carbons (Fsp3) is 0.643. The minimum absolute atomic E-state index is 0.000940. The van der Waals surface area contributed by atoms with Crippen molar-refractivity contribution < 1.29 is 55.0 Å². The molecule has 0 spiro atoms. The first-order valence-electron chi connectivity index (χ1n) is 20.8. The highest BCUT2D eigenvalue weighted by Gasteiger charge is 2.64. The highest BCUT2D eigenvalue weighted by atomic mass is 32.2. The predicted octanol–water partition coefficient (Wildman–Crippen LogP) is 5.27. The van der Waals surface area contributed by atoms with Gasteiger partial charge in [0.1, 0.15) is 35.1 Å². The Morgan fingerprint density at radius 2 is 1.88 bits per heavy atom. The summed E-state index contributed by atoms with van der Waals surface area (Å²) < 4.78 is 85.9. The first kappa shape index (κ1) is 43.5. The topological polar surface area (TPSA) is 182 Å². The molecule has 7 atom stereocenters. The van der Waals surface area contributed by atoms with E-state index in [2.05, 4.69) is 15.4 Å². The number of ether oxygens (including phenoxy) is 3. The molecule has 0 unspecified atom stereocenters. The molecule has 3 N–H and O–H groups in total. The van der Waals surface area contributed by atoms with Crippen molar-refractivity contribution in [3.05, 3.63) is 42.0 Å². The van der Waals surface area contributed by atoms with Crippen molar-refractivity contribution in [2.24, 2.45) is 17.8 Å². The van der Waals surface area contributed by atoms with Crippen LogP contribution in [0, 0.1) is 17.8 Å². The van der Waals surface area contributed by atoms with Gasteiger partial charge in [0.15, 0.2) is 5.60 Å². The largest absolute Gasteiger partial charge is 0.477 e. The number of alkyl halides is 3. The van der Waals surface area contributed by atoms with Gasteiger partial charge in [0.2, 0.25) is 33.6 Å². The Hall–Kier alpha value is -4.61. The fourth-order valence-electron chi connectivity index (χ4n) is 8.70. The highest BCUT2D eigenvalue weighted by Crippen LogP contribution is 2.48. The number of carbonyl (C=O) groups excluding carboxylic acids is 4. The quantitative estimate of drug-likeness (QED) is 0.266. The van der Waals surface area contributed by atoms with Crippen LogP contribution in [0.15, 0.2) is 36.4 Å². The number of hydrogen-bond acceptors (Lipinski definition) is 10. The van der Waals surface area contributed by atoms with Crippen LogP contribution in [-0.2, 0) is 35.6 Å². The number of rotatable bonds is 10. The number of halogens is 3. The van der Waals surface area contributed by atoms with Crippen LogP contribution >= 0.6 is 0 Å². The number of hydrogen-bond donors (Lipinski definition) is 3. The van der Waals surface area contributed by atoms with Crippen molar-refractivity contribution in [3.8, 4) is 11.8 Å². The van der Waals surface area contributed by atoms with Gasteiger partial charge in [0.05, 0.1) is 13.2 Å². The lowest BCUT2D eigenvalue weighted by Crippen LogP contribution is -2.60. The number of sulfonamides is 1. The number of carbonyl (C=O) groups is 4. The maximum atomic E-state index is 15.0. The third-order valence-corrected chi connectivity index (χ3v) is 14.9. The molecule has 14 nitrogen and oxygen atoms in total. The number of nitrogens with zero attached hydrogens (tertiary/aromatic N) is 2. The van der Waals surface area contributed by atoms with Gasteiger partial charge >= 0.3 is 6.09 Å². The van der Waals surface area contributed by atoms with E-state index in [9.17, 15) is 40.8 Å². The van der Waals surface area contributed by atoms with Crippen LogP contribution < -0.4 is 24.8 Å². The van der Waals surface area contributed by atoms with E-state index in [0.29, 0.717) is 43.6 Å². The van der Waals surface area contributed by atoms with Crippen molar-refractivity contribution >= 4 is 44.6 Å². The third-order valence-electron chi connectivity index (χ3n) is 12.8. The number of aryl methyl sites for hydroxylation is 1. The number of pyridine rings is 1. The van der Waals surface area contributed by atoms with Gasteiger partial charge in [0.25, 0.3) is 12.3 Å². The van der Waals surface area contributed by atoms with Crippen LogP contribution in [0.4, 0.5) is 18.0 Å². The molecule has 2 saturated carbocycles. The first-order chi connectivity index (χ1) is 28.4. The molecule has 1 saturated heterocycles. The minimum atomic E-state index is -4.44. The normalized spacial score (nSPS) is 29.7. The number of alkyl carbamates (subject to hydrolysis) is 1. The SMILES string of the molecule is CC[C@@H]1C[C@H](C)CC/C=C\[C@@H]2C[C@@]2(C(=O)NS(=O)(=O)C2(CF)CC2)NC(=O)[C@@H]2C[C@@H](Oc3nc4c(c5ccccc35)CCCO4)CN2C(=O)[C@H]1NC(=O)OC(C)(C)C(F)F. The molecule has 60 heavy (non-hydrogen) atoms. The van der Waals surface area contributed by atoms with E-state index in [-0.39, 0.29) is 44.0 Å². The molecule has 4 heterocycles. The molecule has 1 aromatic carbocycles. The first-order valence-corrected chi connectivity index (χ1v) is 22.3. The number of amides is 4.